The van der Waals surface area contributed by atoms with Crippen molar-refractivity contribution in [3.8, 4) is 11.5 Å². The van der Waals surface area contributed by atoms with Gasteiger partial charge in [0.25, 0.3) is 0 Å². The number of carbonyl (C=O) groups is 1. The predicted octanol–water partition coefficient (Wildman–Crippen LogP) is 3.23. The molecule has 0 aliphatic rings. The van der Waals surface area contributed by atoms with E-state index in [1.807, 2.05) is 31.2 Å². The lowest BCUT2D eigenvalue weighted by Gasteiger charge is -2.02. The number of carbonyl (C=O) groups excluding carboxylic acids is 1. The zero-order valence-electron chi connectivity index (χ0n) is 12.7. The Morgan fingerprint density at radius 2 is 2.18 bits per heavy atom. The van der Waals surface area contributed by atoms with Crippen LogP contribution in [0.15, 0.2) is 47.6 Å². The molecule has 0 bridgehead atoms. The van der Waals surface area contributed by atoms with Gasteiger partial charge in [0.2, 0.25) is 11.8 Å². The standard InChI is InChI=1S/C17H20N2O2S/c1-3-10-22-12-16(20)18-9-8-15-11-21-17(19-15)14-6-4-13(2)5-7-14/h3-7,11H,1,8-10,12H2,2H3,(H,18,20). The molecule has 2 rings (SSSR count). The molecule has 5 heteroatoms. The van der Waals surface area contributed by atoms with Crippen LogP contribution < -0.4 is 5.32 Å². The Balaban J connectivity index is 1.79. The molecule has 0 atom stereocenters. The number of oxazole rings is 1. The second-order valence-electron chi connectivity index (χ2n) is 4.91. The molecule has 1 heterocycles. The molecule has 0 radical (unpaired) electrons. The van der Waals surface area contributed by atoms with Gasteiger partial charge in [0.05, 0.1) is 11.4 Å². The van der Waals surface area contributed by atoms with Crippen molar-refractivity contribution in [2.75, 3.05) is 18.1 Å². The number of thioether (sulfide) groups is 1. The monoisotopic (exact) mass is 316 g/mol. The molecule has 0 fully saturated rings. The van der Waals surface area contributed by atoms with Gasteiger partial charge in [-0.25, -0.2) is 4.98 Å². The van der Waals surface area contributed by atoms with Crippen molar-refractivity contribution in [2.24, 2.45) is 0 Å². The summed E-state index contributed by atoms with van der Waals surface area (Å²) in [5.41, 5.74) is 3.00. The van der Waals surface area contributed by atoms with E-state index in [9.17, 15) is 4.79 Å². The fourth-order valence-corrected chi connectivity index (χ4v) is 2.44. The molecule has 4 nitrogen and oxygen atoms in total. The van der Waals surface area contributed by atoms with Crippen molar-refractivity contribution in [3.05, 3.63) is 54.4 Å². The Kier molecular flexibility index (Phi) is 6.27. The Bertz CT molecular complexity index is 620. The second kappa shape index (κ2) is 8.44. The van der Waals surface area contributed by atoms with E-state index < -0.39 is 0 Å². The molecule has 0 saturated heterocycles. The molecular formula is C17H20N2O2S. The zero-order valence-corrected chi connectivity index (χ0v) is 13.5. The van der Waals surface area contributed by atoms with E-state index in [4.69, 9.17) is 4.42 Å². The second-order valence-corrected chi connectivity index (χ2v) is 5.94. The third kappa shape index (κ3) is 5.07. The van der Waals surface area contributed by atoms with Crippen LogP contribution in [0.25, 0.3) is 11.5 Å². The number of aryl methyl sites for hydroxylation is 1. The maximum Gasteiger partial charge on any atom is 0.230 e. The highest BCUT2D eigenvalue weighted by molar-refractivity contribution is 8.00. The van der Waals surface area contributed by atoms with Gasteiger partial charge >= 0.3 is 0 Å². The van der Waals surface area contributed by atoms with Crippen molar-refractivity contribution in [2.45, 2.75) is 13.3 Å². The number of amides is 1. The van der Waals surface area contributed by atoms with Gasteiger partial charge in [-0.3, -0.25) is 4.79 Å². The average Bonchev–Trinajstić information content (AvgIpc) is 2.97. The van der Waals surface area contributed by atoms with E-state index in [2.05, 4.69) is 16.9 Å². The van der Waals surface area contributed by atoms with Gasteiger partial charge in [-0.2, -0.15) is 0 Å². The van der Waals surface area contributed by atoms with E-state index in [0.29, 0.717) is 24.6 Å². The highest BCUT2D eigenvalue weighted by atomic mass is 32.2. The lowest BCUT2D eigenvalue weighted by molar-refractivity contribution is -0.118. The lowest BCUT2D eigenvalue weighted by atomic mass is 10.1. The van der Waals surface area contributed by atoms with Crippen LogP contribution in [0.3, 0.4) is 0 Å². The molecule has 0 spiro atoms. The number of aromatic nitrogens is 1. The van der Waals surface area contributed by atoms with Crippen molar-refractivity contribution >= 4 is 17.7 Å². The molecule has 2 aromatic rings. The number of nitrogens with one attached hydrogen (secondary N) is 1. The maximum atomic E-state index is 11.6. The minimum atomic E-state index is 0.0362. The summed E-state index contributed by atoms with van der Waals surface area (Å²) in [6.45, 7) is 6.23. The van der Waals surface area contributed by atoms with Gasteiger partial charge in [-0.05, 0) is 19.1 Å². The van der Waals surface area contributed by atoms with Crippen LogP contribution >= 0.6 is 11.8 Å². The first-order chi connectivity index (χ1) is 10.7. The Morgan fingerprint density at radius 1 is 1.41 bits per heavy atom. The third-order valence-electron chi connectivity index (χ3n) is 3.02. The number of rotatable bonds is 8. The SMILES string of the molecule is C=CCSCC(=O)NCCc1coc(-c2ccc(C)cc2)n1. The molecular weight excluding hydrogens is 296 g/mol. The summed E-state index contributed by atoms with van der Waals surface area (Å²) in [7, 11) is 0. The number of hydrogen-bond donors (Lipinski definition) is 1. The Hall–Kier alpha value is -2.01. The van der Waals surface area contributed by atoms with Gasteiger partial charge in [-0.1, -0.05) is 23.8 Å². The van der Waals surface area contributed by atoms with E-state index in [1.165, 1.54) is 5.56 Å². The van der Waals surface area contributed by atoms with Crippen LogP contribution in [0.1, 0.15) is 11.3 Å². The van der Waals surface area contributed by atoms with E-state index in [1.54, 1.807) is 24.1 Å². The topological polar surface area (TPSA) is 55.1 Å². The summed E-state index contributed by atoms with van der Waals surface area (Å²) in [6, 6.07) is 8.04. The third-order valence-corrected chi connectivity index (χ3v) is 3.96. The molecule has 1 amide bonds. The van der Waals surface area contributed by atoms with Crippen LogP contribution in [0.2, 0.25) is 0 Å². The fourth-order valence-electron chi connectivity index (χ4n) is 1.87. The van der Waals surface area contributed by atoms with E-state index >= 15 is 0 Å². The van der Waals surface area contributed by atoms with Crippen LogP contribution in [0.5, 0.6) is 0 Å². The fraction of sp³-hybridized carbons (Fsp3) is 0.294. The molecule has 1 aromatic carbocycles. The van der Waals surface area contributed by atoms with Gasteiger partial charge in [0, 0.05) is 24.3 Å². The largest absolute Gasteiger partial charge is 0.444 e. The summed E-state index contributed by atoms with van der Waals surface area (Å²) < 4.78 is 5.49. The van der Waals surface area contributed by atoms with Crippen molar-refractivity contribution in [3.63, 3.8) is 0 Å². The first kappa shape index (κ1) is 16.4. The Labute approximate surface area is 135 Å². The number of nitrogens with zero attached hydrogens (tertiary/aromatic N) is 1. The van der Waals surface area contributed by atoms with Gasteiger partial charge in [0.1, 0.15) is 6.26 Å². The summed E-state index contributed by atoms with van der Waals surface area (Å²) in [5, 5.41) is 2.87. The molecule has 116 valence electrons. The normalized spacial score (nSPS) is 10.4. The quantitative estimate of drug-likeness (QED) is 0.600. The molecule has 22 heavy (non-hydrogen) atoms. The molecule has 0 aliphatic heterocycles. The highest BCUT2D eigenvalue weighted by Gasteiger charge is 2.07. The summed E-state index contributed by atoms with van der Waals surface area (Å²) in [5.74, 6) is 1.90. The number of hydrogen-bond acceptors (Lipinski definition) is 4. The molecule has 0 unspecified atom stereocenters. The lowest BCUT2D eigenvalue weighted by Crippen LogP contribution is -2.27. The minimum Gasteiger partial charge on any atom is -0.444 e. The van der Waals surface area contributed by atoms with Gasteiger partial charge in [0.15, 0.2) is 0 Å². The first-order valence-corrected chi connectivity index (χ1v) is 8.31. The predicted molar refractivity (Wildman–Crippen MR) is 90.9 cm³/mol. The molecule has 0 aliphatic carbocycles. The van der Waals surface area contributed by atoms with Crippen LogP contribution in [0, 0.1) is 6.92 Å². The van der Waals surface area contributed by atoms with Crippen LogP contribution in [-0.4, -0.2) is 28.9 Å². The Morgan fingerprint density at radius 3 is 2.91 bits per heavy atom. The van der Waals surface area contributed by atoms with E-state index in [0.717, 1.165) is 17.0 Å². The maximum absolute atomic E-state index is 11.6. The van der Waals surface area contributed by atoms with Crippen molar-refractivity contribution in [1.29, 1.82) is 0 Å². The smallest absolute Gasteiger partial charge is 0.230 e. The highest BCUT2D eigenvalue weighted by Crippen LogP contribution is 2.19. The molecule has 0 saturated carbocycles. The first-order valence-electron chi connectivity index (χ1n) is 7.16. The minimum absolute atomic E-state index is 0.0362. The van der Waals surface area contributed by atoms with Crippen LogP contribution in [-0.2, 0) is 11.2 Å². The number of benzene rings is 1. The van der Waals surface area contributed by atoms with E-state index in [-0.39, 0.29) is 5.91 Å². The zero-order chi connectivity index (χ0) is 15.8. The van der Waals surface area contributed by atoms with Crippen LogP contribution in [0.4, 0.5) is 0 Å². The molecule has 1 N–H and O–H groups in total. The van der Waals surface area contributed by atoms with Crippen molar-refractivity contribution < 1.29 is 9.21 Å². The van der Waals surface area contributed by atoms with Crippen molar-refractivity contribution in [1.82, 2.24) is 10.3 Å². The summed E-state index contributed by atoms with van der Waals surface area (Å²) in [6.07, 6.45) is 4.10. The summed E-state index contributed by atoms with van der Waals surface area (Å²) in [4.78, 5) is 16.0. The average molecular weight is 316 g/mol. The van der Waals surface area contributed by atoms with Gasteiger partial charge < -0.3 is 9.73 Å². The summed E-state index contributed by atoms with van der Waals surface area (Å²) >= 11 is 1.55. The van der Waals surface area contributed by atoms with Gasteiger partial charge in [-0.15, -0.1) is 18.3 Å². The molecule has 1 aromatic heterocycles.